The van der Waals surface area contributed by atoms with E-state index in [-0.39, 0.29) is 0 Å². The molecule has 1 aliphatic rings. The maximum absolute atomic E-state index is 12.2. The van der Waals surface area contributed by atoms with Crippen LogP contribution in [-0.2, 0) is 19.5 Å². The van der Waals surface area contributed by atoms with Crippen LogP contribution in [0.3, 0.4) is 0 Å². The van der Waals surface area contributed by atoms with Crippen LogP contribution in [0.2, 0.25) is 0 Å². The van der Waals surface area contributed by atoms with Crippen molar-refractivity contribution in [2.45, 2.75) is 5.92 Å². The third-order valence-corrected chi connectivity index (χ3v) is 1.52. The molecule has 1 aliphatic carbocycles. The number of Topliss-reactive ketones (excluding diaryl/α,β-unsaturated/α-hetero) is 1. The van der Waals surface area contributed by atoms with Gasteiger partial charge in [0.05, 0.1) is 0 Å². The van der Waals surface area contributed by atoms with Crippen LogP contribution in [0.5, 0.6) is 0 Å². The van der Waals surface area contributed by atoms with E-state index in [9.17, 15) is 30.3 Å². The molecule has 0 spiro atoms. The maximum atomic E-state index is 12.2. The van der Waals surface area contributed by atoms with Gasteiger partial charge in [-0.3, -0.25) is 4.79 Å². The molecule has 0 aliphatic heterocycles. The normalized spacial score (nSPS) is 21.4. The zero-order chi connectivity index (χ0) is 10.4. The van der Waals surface area contributed by atoms with Crippen molar-refractivity contribution in [2.24, 2.45) is 0 Å². The van der Waals surface area contributed by atoms with Gasteiger partial charge in [-0.05, 0) is 0 Å². The highest BCUT2D eigenvalue weighted by molar-refractivity contribution is 7.81. The molecule has 0 bridgehead atoms. The van der Waals surface area contributed by atoms with Crippen LogP contribution in [-0.4, -0.2) is 20.1 Å². The lowest BCUT2D eigenvalue weighted by molar-refractivity contribution is -0.146. The smallest absolute Gasteiger partial charge is 0.352 e. The van der Waals surface area contributed by atoms with Gasteiger partial charge in [0.15, 0.2) is 0 Å². The molecule has 0 saturated heterocycles. The Kier molecular flexibility index (Phi) is 1.87. The fourth-order valence-electron chi connectivity index (χ4n) is 0.608. The van der Waals surface area contributed by atoms with Crippen molar-refractivity contribution in [1.29, 1.82) is 0 Å². The van der Waals surface area contributed by atoms with E-state index in [1.54, 1.807) is 0 Å². The Hall–Kier alpha value is -1.12. The molecule has 0 N–H and O–H groups in total. The molecule has 0 aromatic heterocycles. The van der Waals surface area contributed by atoms with Gasteiger partial charge in [0.1, 0.15) is 0 Å². The molecule has 1 rings (SSSR count). The molecule has 0 amide bonds. The highest BCUT2D eigenvalue weighted by Crippen LogP contribution is 2.42. The Labute approximate surface area is 69.2 Å². The number of hydrogen-bond donors (Lipinski definition) is 0. The zero-order valence-electron chi connectivity index (χ0n) is 5.55. The van der Waals surface area contributed by atoms with E-state index >= 15 is 0 Å². The predicted molar refractivity (Wildman–Crippen MR) is 29.2 cm³/mol. The summed E-state index contributed by atoms with van der Waals surface area (Å²) in [6.07, 6.45) is 0. The van der Waals surface area contributed by atoms with Gasteiger partial charge >= 0.3 is 16.4 Å². The van der Waals surface area contributed by atoms with E-state index in [1.807, 2.05) is 0 Å². The molecule has 0 heterocycles. The van der Waals surface area contributed by atoms with E-state index < -0.39 is 33.8 Å². The number of halogens is 4. The molecule has 0 radical (unpaired) electrons. The second-order valence-corrected chi connectivity index (χ2v) is 2.98. The molecule has 13 heavy (non-hydrogen) atoms. The largest absolute Gasteiger partial charge is 0.488 e. The quantitative estimate of drug-likeness (QED) is 0.505. The summed E-state index contributed by atoms with van der Waals surface area (Å²) < 4.78 is 70.2. The average molecular weight is 220 g/mol. The SMILES string of the molecule is O=C1C(F)=C(OS(=O)(=O)F)C1(F)F. The molecule has 9 heteroatoms. The van der Waals surface area contributed by atoms with Crippen molar-refractivity contribution >= 4 is 16.3 Å². The summed E-state index contributed by atoms with van der Waals surface area (Å²) in [6, 6.07) is 0. The molecule has 0 fully saturated rings. The van der Waals surface area contributed by atoms with Crippen LogP contribution in [0.4, 0.5) is 17.1 Å². The van der Waals surface area contributed by atoms with Crippen LogP contribution < -0.4 is 0 Å². The van der Waals surface area contributed by atoms with Gasteiger partial charge < -0.3 is 4.18 Å². The molecule has 4 nitrogen and oxygen atoms in total. The molecule has 0 unspecified atom stereocenters. The van der Waals surface area contributed by atoms with Crippen LogP contribution in [0, 0.1) is 0 Å². The van der Waals surface area contributed by atoms with E-state index in [1.165, 1.54) is 0 Å². The van der Waals surface area contributed by atoms with E-state index in [2.05, 4.69) is 4.18 Å². The van der Waals surface area contributed by atoms with Crippen molar-refractivity contribution in [2.75, 3.05) is 0 Å². The highest BCUT2D eigenvalue weighted by Gasteiger charge is 2.61. The van der Waals surface area contributed by atoms with Gasteiger partial charge in [-0.2, -0.15) is 21.6 Å². The zero-order valence-corrected chi connectivity index (χ0v) is 6.37. The molecule has 0 atom stereocenters. The van der Waals surface area contributed by atoms with Gasteiger partial charge in [0, 0.05) is 0 Å². The maximum Gasteiger partial charge on any atom is 0.488 e. The second kappa shape index (κ2) is 2.44. The summed E-state index contributed by atoms with van der Waals surface area (Å²) in [5.74, 6) is -10.8. The molecule has 74 valence electrons. The summed E-state index contributed by atoms with van der Waals surface area (Å²) in [5.41, 5.74) is 0. The fraction of sp³-hybridized carbons (Fsp3) is 0.250. The average Bonchev–Trinajstić information content (AvgIpc) is 1.96. The third kappa shape index (κ3) is 1.50. The number of rotatable bonds is 2. The van der Waals surface area contributed by atoms with Crippen LogP contribution in [0.15, 0.2) is 11.6 Å². The lowest BCUT2D eigenvalue weighted by Crippen LogP contribution is -2.43. The monoisotopic (exact) mass is 220 g/mol. The highest BCUT2D eigenvalue weighted by atomic mass is 32.3. The van der Waals surface area contributed by atoms with E-state index in [0.29, 0.717) is 0 Å². The number of allylic oxidation sites excluding steroid dienone is 2. The summed E-state index contributed by atoms with van der Waals surface area (Å²) in [5, 5.41) is 0. The summed E-state index contributed by atoms with van der Waals surface area (Å²) >= 11 is 0. The van der Waals surface area contributed by atoms with Gasteiger partial charge in [0.25, 0.3) is 5.78 Å². The summed E-state index contributed by atoms with van der Waals surface area (Å²) in [4.78, 5) is 10.00. The minimum absolute atomic E-state index is 2.09. The van der Waals surface area contributed by atoms with Crippen molar-refractivity contribution in [3.05, 3.63) is 11.6 Å². The molecule has 0 aromatic rings. The van der Waals surface area contributed by atoms with Gasteiger partial charge in [-0.1, -0.05) is 3.89 Å². The lowest BCUT2D eigenvalue weighted by Gasteiger charge is -2.23. The van der Waals surface area contributed by atoms with Crippen molar-refractivity contribution < 1.29 is 34.5 Å². The predicted octanol–water partition coefficient (Wildman–Crippen LogP) is 0.616. The van der Waals surface area contributed by atoms with Crippen molar-refractivity contribution in [3.63, 3.8) is 0 Å². The fourth-order valence-corrected chi connectivity index (χ4v) is 0.985. The number of alkyl halides is 2. The first-order chi connectivity index (χ1) is 5.66. The van der Waals surface area contributed by atoms with Gasteiger partial charge in [0.2, 0.25) is 11.6 Å². The topological polar surface area (TPSA) is 60.4 Å². The Morgan fingerprint density at radius 3 is 2.08 bits per heavy atom. The first-order valence-electron chi connectivity index (χ1n) is 2.63. The standard InChI is InChI=1S/C4F4O4S/c5-1-2(9)4(6,7)3(1)12-13(8,10)11. The molecule has 0 aromatic carbocycles. The number of carbonyl (C=O) groups is 1. The van der Waals surface area contributed by atoms with Crippen molar-refractivity contribution in [3.8, 4) is 0 Å². The Bertz CT molecular complexity index is 394. The Balaban J connectivity index is 3.03. The second-order valence-electron chi connectivity index (χ2n) is 2.02. The lowest BCUT2D eigenvalue weighted by atomic mass is 10.00. The van der Waals surface area contributed by atoms with Crippen LogP contribution in [0.1, 0.15) is 0 Å². The molecular formula is C4F4O4S. The first-order valence-corrected chi connectivity index (χ1v) is 3.94. The summed E-state index contributed by atoms with van der Waals surface area (Å²) in [7, 11) is -5.74. The minimum Gasteiger partial charge on any atom is -0.352 e. The van der Waals surface area contributed by atoms with Crippen molar-refractivity contribution in [1.82, 2.24) is 0 Å². The Morgan fingerprint density at radius 2 is 1.77 bits per heavy atom. The van der Waals surface area contributed by atoms with Crippen LogP contribution >= 0.6 is 0 Å². The van der Waals surface area contributed by atoms with Crippen LogP contribution in [0.25, 0.3) is 0 Å². The Morgan fingerprint density at radius 1 is 1.31 bits per heavy atom. The number of carbonyl (C=O) groups excluding carboxylic acids is 1. The minimum atomic E-state index is -5.74. The third-order valence-electron chi connectivity index (χ3n) is 1.15. The molecular weight excluding hydrogens is 220 g/mol. The van der Waals surface area contributed by atoms with Gasteiger partial charge in [-0.25, -0.2) is 0 Å². The first kappa shape index (κ1) is 9.96. The number of hydrogen-bond acceptors (Lipinski definition) is 4. The van der Waals surface area contributed by atoms with Gasteiger partial charge in [-0.15, -0.1) is 0 Å². The number of ketones is 1. The van der Waals surface area contributed by atoms with E-state index in [0.717, 1.165) is 0 Å². The summed E-state index contributed by atoms with van der Waals surface area (Å²) in [6.45, 7) is 0. The molecule has 0 saturated carbocycles. The van der Waals surface area contributed by atoms with E-state index in [4.69, 9.17) is 0 Å².